The lowest BCUT2D eigenvalue weighted by atomic mass is 10.2. The van der Waals surface area contributed by atoms with Crippen LogP contribution in [0.1, 0.15) is 20.8 Å². The predicted octanol–water partition coefficient (Wildman–Crippen LogP) is 5.61. The van der Waals surface area contributed by atoms with Crippen LogP contribution in [0, 0.1) is 0 Å². The van der Waals surface area contributed by atoms with Crippen molar-refractivity contribution in [2.24, 2.45) is 0 Å². The summed E-state index contributed by atoms with van der Waals surface area (Å²) in [7, 11) is 0. The minimum atomic E-state index is -0.490. The Kier molecular flexibility index (Phi) is 7.20. The first-order valence-electron chi connectivity index (χ1n) is 6.92. The topological polar surface area (TPSA) is 64.3 Å². The van der Waals surface area contributed by atoms with Crippen LogP contribution in [-0.2, 0) is 4.74 Å². The van der Waals surface area contributed by atoms with E-state index in [1.165, 1.54) is 0 Å². The van der Waals surface area contributed by atoms with Gasteiger partial charge < -0.3 is 10.5 Å². The Morgan fingerprint density at radius 3 is 1.78 bits per heavy atom. The number of carbonyl (C=O) groups excluding carboxylic acids is 1. The van der Waals surface area contributed by atoms with Crippen LogP contribution < -0.4 is 11.1 Å². The van der Waals surface area contributed by atoms with Crippen molar-refractivity contribution < 1.29 is 9.53 Å². The molecule has 2 aromatic carbocycles. The molecule has 0 bridgehead atoms. The van der Waals surface area contributed by atoms with Crippen molar-refractivity contribution in [3.63, 3.8) is 0 Å². The van der Waals surface area contributed by atoms with Crippen LogP contribution in [0.4, 0.5) is 16.2 Å². The molecule has 124 valence electrons. The van der Waals surface area contributed by atoms with Gasteiger partial charge in [-0.1, -0.05) is 23.2 Å². The summed E-state index contributed by atoms with van der Waals surface area (Å²) in [5, 5.41) is 3.96. The van der Waals surface area contributed by atoms with Crippen molar-refractivity contribution in [2.75, 3.05) is 11.1 Å². The quantitative estimate of drug-likeness (QED) is 0.654. The third-order valence-corrected chi connectivity index (χ3v) is 2.86. The Morgan fingerprint density at radius 2 is 1.39 bits per heavy atom. The molecule has 0 saturated carbocycles. The van der Waals surface area contributed by atoms with Crippen molar-refractivity contribution in [1.29, 1.82) is 0 Å². The lowest BCUT2D eigenvalue weighted by Crippen LogP contribution is -2.27. The van der Waals surface area contributed by atoms with Gasteiger partial charge in [0.2, 0.25) is 0 Å². The zero-order valence-electron chi connectivity index (χ0n) is 13.3. The van der Waals surface area contributed by atoms with Crippen LogP contribution in [0.2, 0.25) is 10.0 Å². The Balaban J connectivity index is 0.000000277. The molecule has 0 atom stereocenters. The summed E-state index contributed by atoms with van der Waals surface area (Å²) in [5.41, 5.74) is 6.28. The third kappa shape index (κ3) is 8.96. The van der Waals surface area contributed by atoms with Crippen LogP contribution in [0.25, 0.3) is 0 Å². The van der Waals surface area contributed by atoms with Gasteiger partial charge in [-0.2, -0.15) is 0 Å². The molecule has 1 amide bonds. The zero-order chi connectivity index (χ0) is 17.5. The molecule has 2 rings (SSSR count). The molecule has 0 aliphatic heterocycles. The molecule has 0 unspecified atom stereocenters. The van der Waals surface area contributed by atoms with Gasteiger partial charge in [-0.15, -0.1) is 0 Å². The first kappa shape index (κ1) is 19.1. The first-order chi connectivity index (χ1) is 10.7. The molecule has 0 heterocycles. The number of anilines is 2. The maximum atomic E-state index is 11.3. The van der Waals surface area contributed by atoms with E-state index in [0.717, 1.165) is 10.7 Å². The van der Waals surface area contributed by atoms with Crippen molar-refractivity contribution >= 4 is 40.7 Å². The van der Waals surface area contributed by atoms with E-state index in [1.54, 1.807) is 48.5 Å². The number of hydrogen-bond donors (Lipinski definition) is 2. The van der Waals surface area contributed by atoms with Crippen LogP contribution in [0.3, 0.4) is 0 Å². The number of benzene rings is 2. The number of ether oxygens (including phenoxy) is 1. The summed E-state index contributed by atoms with van der Waals surface area (Å²) in [6.07, 6.45) is -0.468. The molecule has 2 aromatic rings. The molecule has 6 heteroatoms. The fourth-order valence-electron chi connectivity index (χ4n) is 1.42. The maximum Gasteiger partial charge on any atom is 0.412 e. The summed E-state index contributed by atoms with van der Waals surface area (Å²) in [5.74, 6) is 0. The van der Waals surface area contributed by atoms with Crippen LogP contribution in [0.5, 0.6) is 0 Å². The van der Waals surface area contributed by atoms with Gasteiger partial charge in [-0.3, -0.25) is 5.32 Å². The van der Waals surface area contributed by atoms with E-state index in [2.05, 4.69) is 5.32 Å². The number of nitrogen functional groups attached to an aromatic ring is 1. The number of hydrogen-bond acceptors (Lipinski definition) is 3. The molecule has 0 fully saturated rings. The summed E-state index contributed by atoms with van der Waals surface area (Å²) >= 11 is 11.3. The second-order valence-electron chi connectivity index (χ2n) is 5.69. The van der Waals surface area contributed by atoms with E-state index < -0.39 is 11.7 Å². The molecule has 3 N–H and O–H groups in total. The fourth-order valence-corrected chi connectivity index (χ4v) is 1.67. The molecular weight excluding hydrogens is 335 g/mol. The zero-order valence-corrected chi connectivity index (χ0v) is 14.8. The summed E-state index contributed by atoms with van der Waals surface area (Å²) in [4.78, 5) is 11.3. The Bertz CT molecular complexity index is 600. The van der Waals surface area contributed by atoms with Crippen LogP contribution in [0.15, 0.2) is 48.5 Å². The highest BCUT2D eigenvalue weighted by Gasteiger charge is 2.15. The Labute approximate surface area is 146 Å². The second-order valence-corrected chi connectivity index (χ2v) is 6.56. The minimum Gasteiger partial charge on any atom is -0.444 e. The monoisotopic (exact) mass is 354 g/mol. The number of amides is 1. The predicted molar refractivity (Wildman–Crippen MR) is 97.2 cm³/mol. The lowest BCUT2D eigenvalue weighted by molar-refractivity contribution is 0.0636. The molecular formula is C17H20Cl2N2O2. The largest absolute Gasteiger partial charge is 0.444 e. The van der Waals surface area contributed by atoms with Crippen molar-refractivity contribution in [3.05, 3.63) is 58.6 Å². The average Bonchev–Trinajstić information content (AvgIpc) is 2.43. The van der Waals surface area contributed by atoms with E-state index in [9.17, 15) is 4.79 Å². The number of carbonyl (C=O) groups is 1. The molecule has 0 radical (unpaired) electrons. The van der Waals surface area contributed by atoms with Gasteiger partial charge in [0.1, 0.15) is 5.60 Å². The second kappa shape index (κ2) is 8.65. The lowest BCUT2D eigenvalue weighted by Gasteiger charge is -2.19. The van der Waals surface area contributed by atoms with E-state index in [-0.39, 0.29) is 0 Å². The van der Waals surface area contributed by atoms with Gasteiger partial charge in [0.15, 0.2) is 0 Å². The Hall–Kier alpha value is -1.91. The van der Waals surface area contributed by atoms with Gasteiger partial charge in [0.05, 0.1) is 0 Å². The summed E-state index contributed by atoms with van der Waals surface area (Å²) in [6.45, 7) is 5.44. The number of nitrogens with two attached hydrogens (primary N) is 1. The molecule has 0 saturated heterocycles. The SMILES string of the molecule is CC(C)(C)OC(=O)Nc1ccc(Cl)cc1.Nc1ccc(Cl)cc1. The fraction of sp³-hybridized carbons (Fsp3) is 0.235. The van der Waals surface area contributed by atoms with E-state index >= 15 is 0 Å². The molecule has 0 aliphatic rings. The highest BCUT2D eigenvalue weighted by molar-refractivity contribution is 6.30. The van der Waals surface area contributed by atoms with Gasteiger partial charge in [-0.05, 0) is 69.3 Å². The minimum absolute atomic E-state index is 0.468. The van der Waals surface area contributed by atoms with E-state index in [4.69, 9.17) is 33.7 Å². The molecule has 4 nitrogen and oxygen atoms in total. The number of halogens is 2. The van der Waals surface area contributed by atoms with Gasteiger partial charge in [-0.25, -0.2) is 4.79 Å². The molecule has 0 spiro atoms. The van der Waals surface area contributed by atoms with Crippen molar-refractivity contribution in [1.82, 2.24) is 0 Å². The third-order valence-electron chi connectivity index (χ3n) is 2.36. The summed E-state index contributed by atoms with van der Waals surface area (Å²) in [6, 6.07) is 13.9. The van der Waals surface area contributed by atoms with Crippen molar-refractivity contribution in [3.8, 4) is 0 Å². The van der Waals surface area contributed by atoms with Gasteiger partial charge in [0, 0.05) is 21.4 Å². The van der Waals surface area contributed by atoms with Crippen LogP contribution >= 0.6 is 23.2 Å². The highest BCUT2D eigenvalue weighted by atomic mass is 35.5. The average molecular weight is 355 g/mol. The molecule has 0 aliphatic carbocycles. The van der Waals surface area contributed by atoms with Gasteiger partial charge >= 0.3 is 6.09 Å². The smallest absolute Gasteiger partial charge is 0.412 e. The number of rotatable bonds is 1. The van der Waals surface area contributed by atoms with Crippen molar-refractivity contribution in [2.45, 2.75) is 26.4 Å². The van der Waals surface area contributed by atoms with Crippen LogP contribution in [-0.4, -0.2) is 11.7 Å². The van der Waals surface area contributed by atoms with E-state index in [0.29, 0.717) is 10.7 Å². The normalized spacial score (nSPS) is 10.3. The van der Waals surface area contributed by atoms with E-state index in [1.807, 2.05) is 20.8 Å². The highest BCUT2D eigenvalue weighted by Crippen LogP contribution is 2.15. The summed E-state index contributed by atoms with van der Waals surface area (Å²) < 4.78 is 5.09. The molecule has 23 heavy (non-hydrogen) atoms. The standard InChI is InChI=1S/C11H14ClNO2.C6H6ClN/c1-11(2,3)15-10(14)13-9-6-4-8(12)5-7-9;7-5-1-3-6(8)4-2-5/h4-7H,1-3H3,(H,13,14);1-4H,8H2. The number of nitrogens with one attached hydrogen (secondary N) is 1. The molecule has 0 aromatic heterocycles. The Morgan fingerprint density at radius 1 is 0.957 bits per heavy atom. The van der Waals surface area contributed by atoms with Gasteiger partial charge in [0.25, 0.3) is 0 Å². The first-order valence-corrected chi connectivity index (χ1v) is 7.68. The maximum absolute atomic E-state index is 11.3.